The molecule has 0 aliphatic carbocycles. The molecule has 82 valence electrons. The van der Waals surface area contributed by atoms with Gasteiger partial charge < -0.3 is 10.3 Å². The first-order valence-electron chi connectivity index (χ1n) is 5.20. The topological polar surface area (TPSA) is 64.0 Å². The fourth-order valence-corrected chi connectivity index (χ4v) is 1.44. The second-order valence-electron chi connectivity index (χ2n) is 3.45. The Balaban J connectivity index is 0.000000162. The summed E-state index contributed by atoms with van der Waals surface area (Å²) >= 11 is 0. The molecule has 1 aromatic carbocycles. The predicted octanol–water partition coefficient (Wildman–Crippen LogP) is 1.27. The Kier molecular flexibility index (Phi) is 3.33. The molecule has 0 spiro atoms. The van der Waals surface area contributed by atoms with E-state index in [1.54, 1.807) is 12.4 Å². The average molecular weight is 214 g/mol. The SMILES string of the molecule is C1=NCCN1.N=c1ccc2ccccc2[nH]1. The van der Waals surface area contributed by atoms with E-state index in [9.17, 15) is 0 Å². The van der Waals surface area contributed by atoms with Gasteiger partial charge >= 0.3 is 0 Å². The lowest BCUT2D eigenvalue weighted by molar-refractivity contribution is 0.965. The second-order valence-corrected chi connectivity index (χ2v) is 3.45. The van der Waals surface area contributed by atoms with Crippen molar-refractivity contribution < 1.29 is 0 Å². The van der Waals surface area contributed by atoms with Crippen molar-refractivity contribution in [3.05, 3.63) is 41.9 Å². The van der Waals surface area contributed by atoms with Gasteiger partial charge in [0.2, 0.25) is 0 Å². The van der Waals surface area contributed by atoms with Crippen molar-refractivity contribution in [3.63, 3.8) is 0 Å². The lowest BCUT2D eigenvalue weighted by atomic mass is 10.2. The van der Waals surface area contributed by atoms with Crippen LogP contribution in [0.4, 0.5) is 0 Å². The number of aliphatic imine (C=N–C) groups is 1. The Labute approximate surface area is 93.6 Å². The molecule has 2 aromatic rings. The van der Waals surface area contributed by atoms with Gasteiger partial charge in [-0.3, -0.25) is 10.4 Å². The maximum Gasteiger partial charge on any atom is 0.122 e. The molecule has 3 N–H and O–H groups in total. The first-order chi connectivity index (χ1) is 7.86. The van der Waals surface area contributed by atoms with Crippen LogP contribution in [-0.2, 0) is 0 Å². The zero-order chi connectivity index (χ0) is 11.2. The summed E-state index contributed by atoms with van der Waals surface area (Å²) in [5.74, 6) is 0. The second kappa shape index (κ2) is 5.11. The summed E-state index contributed by atoms with van der Waals surface area (Å²) in [7, 11) is 0. The van der Waals surface area contributed by atoms with E-state index in [-0.39, 0.29) is 0 Å². The molecule has 0 saturated carbocycles. The van der Waals surface area contributed by atoms with E-state index < -0.39 is 0 Å². The summed E-state index contributed by atoms with van der Waals surface area (Å²) < 4.78 is 0. The first-order valence-corrected chi connectivity index (χ1v) is 5.20. The van der Waals surface area contributed by atoms with E-state index in [1.165, 1.54) is 0 Å². The summed E-state index contributed by atoms with van der Waals surface area (Å²) in [5, 5.41) is 11.4. The van der Waals surface area contributed by atoms with Gasteiger partial charge in [-0.1, -0.05) is 18.2 Å². The maximum absolute atomic E-state index is 7.32. The molecule has 0 fully saturated rings. The number of aromatic amines is 1. The Morgan fingerprint density at radius 1 is 1.12 bits per heavy atom. The lowest BCUT2D eigenvalue weighted by Gasteiger charge is -1.94. The number of H-pyrrole nitrogens is 1. The standard InChI is InChI=1S/C9H8N2.C3H6N2/c10-9-6-5-7-3-1-2-4-8(7)11-9;1-2-5-3-4-1/h1-6H,(H2,10,11);3H,1-2H2,(H,4,5). The van der Waals surface area contributed by atoms with Gasteiger partial charge in [0, 0.05) is 12.1 Å². The summed E-state index contributed by atoms with van der Waals surface area (Å²) in [4.78, 5) is 6.80. The van der Waals surface area contributed by atoms with E-state index in [0.717, 1.165) is 24.0 Å². The normalized spacial score (nSPS) is 13.0. The number of nitrogens with zero attached hydrogens (tertiary/aromatic N) is 1. The van der Waals surface area contributed by atoms with Crippen molar-refractivity contribution >= 4 is 17.2 Å². The van der Waals surface area contributed by atoms with Crippen LogP contribution < -0.4 is 10.8 Å². The molecule has 0 amide bonds. The van der Waals surface area contributed by atoms with Crippen LogP contribution in [0.5, 0.6) is 0 Å². The summed E-state index contributed by atoms with van der Waals surface area (Å²) in [5.41, 5.74) is 1.46. The highest BCUT2D eigenvalue weighted by molar-refractivity contribution is 5.77. The fraction of sp³-hybridized carbons (Fsp3) is 0.167. The molecular formula is C12H14N4. The number of benzene rings is 1. The highest BCUT2D eigenvalue weighted by Gasteiger charge is 1.87. The number of aromatic nitrogens is 1. The fourth-order valence-electron chi connectivity index (χ4n) is 1.44. The van der Waals surface area contributed by atoms with Crippen LogP contribution >= 0.6 is 0 Å². The predicted molar refractivity (Wildman–Crippen MR) is 65.5 cm³/mol. The van der Waals surface area contributed by atoms with Gasteiger partial charge in [-0.05, 0) is 23.6 Å². The number of hydrogen-bond acceptors (Lipinski definition) is 3. The monoisotopic (exact) mass is 214 g/mol. The van der Waals surface area contributed by atoms with Crippen molar-refractivity contribution in [2.45, 2.75) is 0 Å². The van der Waals surface area contributed by atoms with Gasteiger partial charge in [-0.15, -0.1) is 0 Å². The third kappa shape index (κ3) is 2.70. The van der Waals surface area contributed by atoms with Crippen molar-refractivity contribution in [1.82, 2.24) is 10.3 Å². The van der Waals surface area contributed by atoms with Crippen LogP contribution in [0.25, 0.3) is 10.9 Å². The number of para-hydroxylation sites is 1. The maximum atomic E-state index is 7.32. The number of fused-ring (bicyclic) bond motifs is 1. The Morgan fingerprint density at radius 2 is 2.00 bits per heavy atom. The van der Waals surface area contributed by atoms with Crippen molar-refractivity contribution in [1.29, 1.82) is 5.41 Å². The molecule has 2 heterocycles. The largest absolute Gasteiger partial charge is 0.375 e. The molecule has 4 nitrogen and oxygen atoms in total. The van der Waals surface area contributed by atoms with Crippen molar-refractivity contribution in [3.8, 4) is 0 Å². The van der Waals surface area contributed by atoms with Gasteiger partial charge in [0.15, 0.2) is 0 Å². The highest BCUT2D eigenvalue weighted by atomic mass is 15.0. The molecule has 0 unspecified atom stereocenters. The number of rotatable bonds is 0. The molecule has 16 heavy (non-hydrogen) atoms. The van der Waals surface area contributed by atoms with Crippen LogP contribution in [0.1, 0.15) is 0 Å². The lowest BCUT2D eigenvalue weighted by Crippen LogP contribution is -2.04. The molecule has 3 rings (SSSR count). The Morgan fingerprint density at radius 3 is 2.69 bits per heavy atom. The van der Waals surface area contributed by atoms with E-state index >= 15 is 0 Å². The smallest absolute Gasteiger partial charge is 0.122 e. The van der Waals surface area contributed by atoms with Crippen LogP contribution in [-0.4, -0.2) is 24.4 Å². The minimum atomic E-state index is 0.448. The molecule has 0 radical (unpaired) electrons. The van der Waals surface area contributed by atoms with Gasteiger partial charge in [0.05, 0.1) is 12.9 Å². The van der Waals surface area contributed by atoms with Crippen LogP contribution in [0.3, 0.4) is 0 Å². The third-order valence-electron chi connectivity index (χ3n) is 2.23. The Hall–Kier alpha value is -2.10. The highest BCUT2D eigenvalue weighted by Crippen LogP contribution is 2.06. The molecule has 4 heteroatoms. The van der Waals surface area contributed by atoms with E-state index in [2.05, 4.69) is 15.3 Å². The van der Waals surface area contributed by atoms with Gasteiger partial charge in [0.25, 0.3) is 0 Å². The van der Waals surface area contributed by atoms with E-state index in [0.29, 0.717) is 5.49 Å². The summed E-state index contributed by atoms with van der Waals surface area (Å²) in [6.07, 6.45) is 1.74. The van der Waals surface area contributed by atoms with Crippen molar-refractivity contribution in [2.24, 2.45) is 4.99 Å². The van der Waals surface area contributed by atoms with E-state index in [1.807, 2.05) is 30.3 Å². The molecule has 1 aromatic heterocycles. The molecule has 0 bridgehead atoms. The molecule has 0 atom stereocenters. The average Bonchev–Trinajstić information content (AvgIpc) is 2.87. The minimum Gasteiger partial charge on any atom is -0.375 e. The number of pyridine rings is 1. The van der Waals surface area contributed by atoms with E-state index in [4.69, 9.17) is 5.41 Å². The van der Waals surface area contributed by atoms with Gasteiger partial charge in [-0.2, -0.15) is 0 Å². The zero-order valence-corrected chi connectivity index (χ0v) is 8.90. The first kappa shape index (κ1) is 10.4. The van der Waals surface area contributed by atoms with Gasteiger partial charge in [0.1, 0.15) is 5.49 Å². The molecule has 1 aliphatic rings. The minimum absolute atomic E-state index is 0.448. The van der Waals surface area contributed by atoms with Crippen LogP contribution in [0.15, 0.2) is 41.4 Å². The molecule has 0 saturated heterocycles. The summed E-state index contributed by atoms with van der Waals surface area (Å²) in [6, 6.07) is 11.6. The van der Waals surface area contributed by atoms with Crippen LogP contribution in [0.2, 0.25) is 0 Å². The van der Waals surface area contributed by atoms with Gasteiger partial charge in [-0.25, -0.2) is 0 Å². The van der Waals surface area contributed by atoms with Crippen LogP contribution in [0, 0.1) is 5.41 Å². The Bertz CT molecular complexity index is 536. The molecule has 1 aliphatic heterocycles. The summed E-state index contributed by atoms with van der Waals surface area (Å²) in [6.45, 7) is 1.99. The third-order valence-corrected chi connectivity index (χ3v) is 2.23. The zero-order valence-electron chi connectivity index (χ0n) is 8.90. The quantitative estimate of drug-likeness (QED) is 0.607. The number of hydrogen-bond donors (Lipinski definition) is 3. The molecular weight excluding hydrogens is 200 g/mol. The van der Waals surface area contributed by atoms with Crippen molar-refractivity contribution in [2.75, 3.05) is 13.1 Å². The number of nitrogens with one attached hydrogen (secondary N) is 3.